The van der Waals surface area contributed by atoms with Crippen molar-refractivity contribution in [2.45, 2.75) is 26.5 Å². The summed E-state index contributed by atoms with van der Waals surface area (Å²) in [5.74, 6) is 0.480. The summed E-state index contributed by atoms with van der Waals surface area (Å²) in [6, 6.07) is 9.65. The van der Waals surface area contributed by atoms with Gasteiger partial charge in [0.25, 0.3) is 0 Å². The number of anilines is 1. The van der Waals surface area contributed by atoms with Gasteiger partial charge in [-0.2, -0.15) is 5.10 Å². The Morgan fingerprint density at radius 1 is 1.26 bits per heavy atom. The van der Waals surface area contributed by atoms with Crippen LogP contribution in [0.1, 0.15) is 28.7 Å². The number of ether oxygens (including phenoxy) is 1. The molecule has 2 aromatic rings. The highest BCUT2D eigenvalue weighted by atomic mass is 16.5. The summed E-state index contributed by atoms with van der Waals surface area (Å²) in [5, 5.41) is 18.1. The molecule has 1 atom stereocenters. The lowest BCUT2D eigenvalue weighted by Gasteiger charge is -2.14. The van der Waals surface area contributed by atoms with Crippen LogP contribution in [0.25, 0.3) is 0 Å². The fraction of sp³-hybridized carbons (Fsp3) is 0.286. The third kappa shape index (κ3) is 5.10. The fourth-order valence-electron chi connectivity index (χ4n) is 2.78. The van der Waals surface area contributed by atoms with Crippen LogP contribution in [0, 0.1) is 38.5 Å². The minimum Gasteiger partial charge on any atom is -0.461 e. The number of esters is 1. The van der Waals surface area contributed by atoms with Crippen molar-refractivity contribution < 1.29 is 14.6 Å². The van der Waals surface area contributed by atoms with Gasteiger partial charge in [-0.05, 0) is 57.7 Å². The third-order valence-corrected chi connectivity index (χ3v) is 4.20. The number of aryl methyl sites for hydroxylation is 1. The molecule has 1 aliphatic carbocycles. The molecule has 6 nitrogen and oxygen atoms in total. The van der Waals surface area contributed by atoms with Crippen molar-refractivity contribution >= 4 is 11.7 Å². The SMILES string of the molecule is CCOC(=O)c1cc([C]2[CH][CH][CH][CH]2)nn1C[C@@H](O)CNc1ccc(C)cc1. The summed E-state index contributed by atoms with van der Waals surface area (Å²) in [5.41, 5.74) is 3.13. The highest BCUT2D eigenvalue weighted by molar-refractivity contribution is 5.88. The van der Waals surface area contributed by atoms with Crippen molar-refractivity contribution in [1.29, 1.82) is 0 Å². The van der Waals surface area contributed by atoms with Crippen LogP contribution in [0.3, 0.4) is 0 Å². The largest absolute Gasteiger partial charge is 0.461 e. The zero-order valence-electron chi connectivity index (χ0n) is 15.6. The molecule has 1 aromatic carbocycles. The number of hydrogen-bond donors (Lipinski definition) is 2. The van der Waals surface area contributed by atoms with E-state index < -0.39 is 12.1 Å². The number of aliphatic hydroxyl groups excluding tert-OH is 1. The number of carbonyl (C=O) groups excluding carboxylic acids is 1. The van der Waals surface area contributed by atoms with Crippen molar-refractivity contribution in [1.82, 2.24) is 9.78 Å². The molecule has 27 heavy (non-hydrogen) atoms. The number of hydrogen-bond acceptors (Lipinski definition) is 5. The van der Waals surface area contributed by atoms with E-state index in [0.717, 1.165) is 11.6 Å². The highest BCUT2D eigenvalue weighted by Gasteiger charge is 2.26. The van der Waals surface area contributed by atoms with E-state index in [-0.39, 0.29) is 13.2 Å². The molecule has 1 fully saturated rings. The smallest absolute Gasteiger partial charge is 0.356 e. The van der Waals surface area contributed by atoms with Gasteiger partial charge in [-0.15, -0.1) is 0 Å². The van der Waals surface area contributed by atoms with Gasteiger partial charge < -0.3 is 15.2 Å². The predicted octanol–water partition coefficient (Wildman–Crippen LogP) is 2.59. The molecule has 0 bridgehead atoms. The first-order chi connectivity index (χ1) is 13.1. The summed E-state index contributed by atoms with van der Waals surface area (Å²) in [7, 11) is 0. The Balaban J connectivity index is 1.67. The van der Waals surface area contributed by atoms with Crippen molar-refractivity contribution in [3.63, 3.8) is 0 Å². The van der Waals surface area contributed by atoms with E-state index in [9.17, 15) is 9.90 Å². The average molecular weight is 366 g/mol. The van der Waals surface area contributed by atoms with E-state index in [1.54, 1.807) is 13.0 Å². The van der Waals surface area contributed by atoms with Crippen LogP contribution in [0.2, 0.25) is 0 Å². The summed E-state index contributed by atoms with van der Waals surface area (Å²) in [6.45, 7) is 4.60. The van der Waals surface area contributed by atoms with Crippen molar-refractivity contribution in [2.75, 3.05) is 18.5 Å². The molecule has 0 unspecified atom stereocenters. The van der Waals surface area contributed by atoms with Gasteiger partial charge in [0, 0.05) is 18.2 Å². The number of carbonyl (C=O) groups is 1. The molecular weight excluding hydrogens is 342 g/mol. The topological polar surface area (TPSA) is 76.4 Å². The summed E-state index contributed by atoms with van der Waals surface area (Å²) < 4.78 is 6.64. The summed E-state index contributed by atoms with van der Waals surface area (Å²) in [6.07, 6.45) is 6.97. The molecule has 6 heteroatoms. The van der Waals surface area contributed by atoms with Crippen LogP contribution in [0.4, 0.5) is 5.69 Å². The Morgan fingerprint density at radius 3 is 2.63 bits per heavy atom. The predicted molar refractivity (Wildman–Crippen MR) is 103 cm³/mol. The monoisotopic (exact) mass is 366 g/mol. The first-order valence-corrected chi connectivity index (χ1v) is 9.02. The minimum absolute atomic E-state index is 0.188. The number of aliphatic hydroxyl groups is 1. The van der Waals surface area contributed by atoms with Crippen LogP contribution in [-0.4, -0.2) is 40.1 Å². The Labute approximate surface area is 160 Å². The van der Waals surface area contributed by atoms with Gasteiger partial charge in [0.05, 0.1) is 24.9 Å². The Hall–Kier alpha value is -2.34. The summed E-state index contributed by atoms with van der Waals surface area (Å²) in [4.78, 5) is 12.3. The van der Waals surface area contributed by atoms with Crippen LogP contribution in [0.15, 0.2) is 30.3 Å². The molecule has 1 aromatic heterocycles. The average Bonchev–Trinajstić information content (AvgIpc) is 3.31. The molecule has 0 aliphatic heterocycles. The van der Waals surface area contributed by atoms with Gasteiger partial charge in [0.15, 0.2) is 0 Å². The molecule has 1 saturated carbocycles. The molecule has 0 amide bonds. The number of aromatic nitrogens is 2. The highest BCUT2D eigenvalue weighted by Crippen LogP contribution is 2.29. The fourth-order valence-corrected chi connectivity index (χ4v) is 2.78. The van der Waals surface area contributed by atoms with Crippen LogP contribution >= 0.6 is 0 Å². The first-order valence-electron chi connectivity index (χ1n) is 9.02. The maximum atomic E-state index is 12.3. The van der Waals surface area contributed by atoms with Gasteiger partial charge in [-0.3, -0.25) is 4.68 Å². The normalized spacial score (nSPS) is 15.7. The van der Waals surface area contributed by atoms with Crippen molar-refractivity contribution in [3.8, 4) is 0 Å². The molecule has 2 N–H and O–H groups in total. The van der Waals surface area contributed by atoms with Gasteiger partial charge >= 0.3 is 5.97 Å². The van der Waals surface area contributed by atoms with E-state index in [0.29, 0.717) is 17.9 Å². The van der Waals surface area contributed by atoms with Crippen LogP contribution in [0.5, 0.6) is 0 Å². The van der Waals surface area contributed by atoms with Crippen molar-refractivity contribution in [3.05, 3.63) is 78.9 Å². The molecule has 1 heterocycles. The minimum atomic E-state index is -0.716. The van der Waals surface area contributed by atoms with Gasteiger partial charge in [-0.25, -0.2) is 4.79 Å². The standard InChI is InChI=1S/C21H24N3O3/c1-3-27-21(26)20-12-19(16-6-4-5-7-16)23-24(20)14-18(25)13-22-17-10-8-15(2)9-11-17/h4-12,18,22,25H,3,13-14H2,1-2H3/t18-/m0/s1. The number of rotatable bonds is 8. The van der Waals surface area contributed by atoms with E-state index in [1.807, 2.05) is 56.9 Å². The lowest BCUT2D eigenvalue weighted by Crippen LogP contribution is -2.27. The van der Waals surface area contributed by atoms with Crippen LogP contribution in [-0.2, 0) is 11.3 Å². The van der Waals surface area contributed by atoms with Gasteiger partial charge in [0.1, 0.15) is 5.69 Å². The maximum Gasteiger partial charge on any atom is 0.356 e. The molecule has 1 aliphatic rings. The molecular formula is C21H24N3O3. The van der Waals surface area contributed by atoms with Crippen LogP contribution < -0.4 is 5.32 Å². The number of nitrogens with one attached hydrogen (secondary N) is 1. The Bertz CT molecular complexity index is 749. The quantitative estimate of drug-likeness (QED) is 0.703. The second-order valence-electron chi connectivity index (χ2n) is 6.39. The number of benzene rings is 1. The molecule has 0 saturated heterocycles. The van der Waals surface area contributed by atoms with E-state index >= 15 is 0 Å². The molecule has 141 valence electrons. The molecule has 3 rings (SSSR count). The first kappa shape index (κ1) is 19.4. The van der Waals surface area contributed by atoms with Gasteiger partial charge in [-0.1, -0.05) is 17.7 Å². The Kier molecular flexibility index (Phi) is 6.50. The number of nitrogens with zero attached hydrogens (tertiary/aromatic N) is 2. The lowest BCUT2D eigenvalue weighted by molar-refractivity contribution is 0.0507. The summed E-state index contributed by atoms with van der Waals surface area (Å²) >= 11 is 0. The third-order valence-electron chi connectivity index (χ3n) is 4.20. The zero-order chi connectivity index (χ0) is 19.2. The van der Waals surface area contributed by atoms with Crippen molar-refractivity contribution in [2.24, 2.45) is 0 Å². The van der Waals surface area contributed by atoms with E-state index in [2.05, 4.69) is 10.4 Å². The van der Waals surface area contributed by atoms with Gasteiger partial charge in [0.2, 0.25) is 0 Å². The molecule has 0 spiro atoms. The lowest BCUT2D eigenvalue weighted by atomic mass is 10.0. The zero-order valence-corrected chi connectivity index (χ0v) is 15.6. The van der Waals surface area contributed by atoms with E-state index in [4.69, 9.17) is 4.74 Å². The maximum absolute atomic E-state index is 12.3. The molecule has 5 radical (unpaired) electrons. The second kappa shape index (κ2) is 9.04. The van der Waals surface area contributed by atoms with E-state index in [1.165, 1.54) is 10.2 Å². The second-order valence-corrected chi connectivity index (χ2v) is 6.39. The Morgan fingerprint density at radius 2 is 1.96 bits per heavy atom.